The number of nitrogens with zero attached hydrogens (tertiary/aromatic N) is 2. The molecule has 0 bridgehead atoms. The molecule has 4 rings (SSSR count). The van der Waals surface area contributed by atoms with E-state index in [0.717, 1.165) is 29.2 Å². The topological polar surface area (TPSA) is 43.8 Å². The molecule has 186 valence electrons. The van der Waals surface area contributed by atoms with Crippen molar-refractivity contribution < 1.29 is 14.0 Å². The third-order valence-corrected chi connectivity index (χ3v) is 7.27. The molecule has 0 spiro atoms. The average molecular weight is 492 g/mol. The van der Waals surface area contributed by atoms with Gasteiger partial charge < -0.3 is 14.0 Å². The van der Waals surface area contributed by atoms with Crippen LogP contribution in [0.3, 0.4) is 0 Å². The van der Waals surface area contributed by atoms with E-state index in [4.69, 9.17) is 14.0 Å². The third-order valence-electron chi connectivity index (χ3n) is 6.27. The van der Waals surface area contributed by atoms with Crippen molar-refractivity contribution in [3.05, 3.63) is 84.2 Å². The Morgan fingerprint density at radius 2 is 1.31 bits per heavy atom. The summed E-state index contributed by atoms with van der Waals surface area (Å²) in [5.41, 5.74) is 2.80. The zero-order valence-electron chi connectivity index (χ0n) is 21.9. The molecule has 1 aromatic heterocycles. The molecular formula is C28H37BN2O3S. The number of pyridine rings is 1. The first-order valence-electron chi connectivity index (χ1n) is 12.2. The maximum Gasteiger partial charge on any atom is 0.494 e. The normalized spacial score (nSPS) is 16.1. The van der Waals surface area contributed by atoms with Crippen LogP contribution in [0.4, 0.5) is 0 Å². The van der Waals surface area contributed by atoms with Gasteiger partial charge in [0.05, 0.1) is 18.3 Å². The maximum absolute atomic E-state index is 6.19. The molecule has 0 amide bonds. The smallest absolute Gasteiger partial charge is 0.494 e. The van der Waals surface area contributed by atoms with Crippen molar-refractivity contribution in [2.75, 3.05) is 7.11 Å². The fraction of sp³-hybridized carbons (Fsp3) is 0.393. The second kappa shape index (κ2) is 12.1. The lowest BCUT2D eigenvalue weighted by molar-refractivity contribution is 0.00578. The lowest BCUT2D eigenvalue weighted by Crippen LogP contribution is -2.41. The van der Waals surface area contributed by atoms with E-state index in [9.17, 15) is 0 Å². The Morgan fingerprint density at radius 1 is 0.800 bits per heavy atom. The highest BCUT2D eigenvalue weighted by Gasteiger charge is 2.51. The predicted octanol–water partition coefficient (Wildman–Crippen LogP) is 6.13. The molecule has 0 saturated carbocycles. The summed E-state index contributed by atoms with van der Waals surface area (Å²) in [6.07, 6.45) is 3.68. The summed E-state index contributed by atoms with van der Waals surface area (Å²) in [7, 11) is 1.34. The maximum atomic E-state index is 6.19. The van der Waals surface area contributed by atoms with Gasteiger partial charge >= 0.3 is 7.12 Å². The van der Waals surface area contributed by atoms with Crippen molar-refractivity contribution >= 4 is 24.5 Å². The molecule has 1 saturated heterocycles. The molecule has 2 heterocycles. The fourth-order valence-corrected chi connectivity index (χ4v) is 4.54. The minimum atomic E-state index is -0.346. The second-order valence-electron chi connectivity index (χ2n) is 9.25. The van der Waals surface area contributed by atoms with Gasteiger partial charge in [0.25, 0.3) is 0 Å². The first kappa shape index (κ1) is 27.3. The Bertz CT molecular complexity index is 1030. The molecule has 0 N–H and O–H groups in total. The van der Waals surface area contributed by atoms with E-state index in [1.807, 2.05) is 38.4 Å². The summed E-state index contributed by atoms with van der Waals surface area (Å²) in [5, 5.41) is 0. The summed E-state index contributed by atoms with van der Waals surface area (Å²) in [6, 6.07) is 20.8. The van der Waals surface area contributed by atoms with Crippen LogP contribution in [0.1, 0.15) is 52.7 Å². The van der Waals surface area contributed by atoms with Gasteiger partial charge in [-0.25, -0.2) is 4.31 Å². The lowest BCUT2D eigenvalue weighted by atomic mass is 9.79. The molecule has 1 aliphatic heterocycles. The molecule has 0 atom stereocenters. The lowest BCUT2D eigenvalue weighted by Gasteiger charge is -2.32. The molecule has 0 radical (unpaired) electrons. The van der Waals surface area contributed by atoms with Gasteiger partial charge in [-0.05, 0) is 92.6 Å². The van der Waals surface area contributed by atoms with Crippen LogP contribution in [0, 0.1) is 0 Å². The summed E-state index contributed by atoms with van der Waals surface area (Å²) in [4.78, 5) is 5.31. The van der Waals surface area contributed by atoms with Crippen molar-refractivity contribution in [1.29, 1.82) is 0 Å². The number of benzene rings is 2. The van der Waals surface area contributed by atoms with Crippen LogP contribution in [0.2, 0.25) is 0 Å². The zero-order valence-corrected chi connectivity index (χ0v) is 22.8. The van der Waals surface area contributed by atoms with Crippen molar-refractivity contribution in [3.8, 4) is 5.75 Å². The van der Waals surface area contributed by atoms with E-state index < -0.39 is 0 Å². The van der Waals surface area contributed by atoms with Gasteiger partial charge in [-0.15, -0.1) is 0 Å². The Morgan fingerprint density at radius 3 is 1.83 bits per heavy atom. The van der Waals surface area contributed by atoms with Crippen LogP contribution in [-0.4, -0.2) is 34.7 Å². The summed E-state index contributed by atoms with van der Waals surface area (Å²) in [5.74, 6) is 0.866. The van der Waals surface area contributed by atoms with Gasteiger partial charge in [-0.3, -0.25) is 4.98 Å². The molecule has 2 aromatic carbocycles. The number of rotatable bonds is 8. The van der Waals surface area contributed by atoms with Gasteiger partial charge in [-0.2, -0.15) is 0 Å². The highest BCUT2D eigenvalue weighted by atomic mass is 32.2. The molecule has 1 aliphatic rings. The summed E-state index contributed by atoms with van der Waals surface area (Å²) >= 11 is 1.74. The third kappa shape index (κ3) is 7.11. The van der Waals surface area contributed by atoms with E-state index in [-0.39, 0.29) is 18.3 Å². The number of hydrogen-bond donors (Lipinski definition) is 0. The quantitative estimate of drug-likeness (QED) is 0.279. The highest BCUT2D eigenvalue weighted by molar-refractivity contribution is 7.97. The number of ether oxygens (including phenoxy) is 1. The van der Waals surface area contributed by atoms with Crippen molar-refractivity contribution in [1.82, 2.24) is 9.29 Å². The fourth-order valence-electron chi connectivity index (χ4n) is 3.56. The van der Waals surface area contributed by atoms with Crippen molar-refractivity contribution in [3.63, 3.8) is 0 Å². The highest BCUT2D eigenvalue weighted by Crippen LogP contribution is 2.36. The molecule has 0 unspecified atom stereocenters. The van der Waals surface area contributed by atoms with Gasteiger partial charge in [0.1, 0.15) is 5.75 Å². The predicted molar refractivity (Wildman–Crippen MR) is 146 cm³/mol. The van der Waals surface area contributed by atoms with Crippen LogP contribution >= 0.6 is 11.9 Å². The molecule has 35 heavy (non-hydrogen) atoms. The van der Waals surface area contributed by atoms with Crippen LogP contribution < -0.4 is 10.2 Å². The largest absolute Gasteiger partial charge is 0.497 e. The van der Waals surface area contributed by atoms with Gasteiger partial charge in [-0.1, -0.05) is 38.1 Å². The number of methoxy groups -OCH3 is 1. The van der Waals surface area contributed by atoms with Crippen LogP contribution in [0.25, 0.3) is 0 Å². The van der Waals surface area contributed by atoms with E-state index in [1.165, 1.54) is 11.1 Å². The van der Waals surface area contributed by atoms with E-state index in [1.54, 1.807) is 19.1 Å². The molecule has 3 aromatic rings. The molecular weight excluding hydrogens is 455 g/mol. The van der Waals surface area contributed by atoms with Gasteiger partial charge in [0.2, 0.25) is 0 Å². The SMILES string of the molecule is CC.COc1ccc(CN(Cc2ccncc2)Sc2ccc(B3OC(C)(C)C(C)(C)O3)cc2)cc1. The van der Waals surface area contributed by atoms with Crippen LogP contribution in [-0.2, 0) is 22.4 Å². The van der Waals surface area contributed by atoms with E-state index >= 15 is 0 Å². The Kier molecular flexibility index (Phi) is 9.42. The van der Waals surface area contributed by atoms with Crippen LogP contribution in [0.15, 0.2) is 78.0 Å². The molecule has 5 nitrogen and oxygen atoms in total. The first-order valence-corrected chi connectivity index (χ1v) is 12.9. The zero-order chi connectivity index (χ0) is 25.5. The monoisotopic (exact) mass is 492 g/mol. The van der Waals surface area contributed by atoms with Gasteiger partial charge in [0, 0.05) is 30.4 Å². The summed E-state index contributed by atoms with van der Waals surface area (Å²) in [6.45, 7) is 13.9. The first-order chi connectivity index (χ1) is 16.8. The van der Waals surface area contributed by atoms with E-state index in [2.05, 4.69) is 85.5 Å². The summed E-state index contributed by atoms with van der Waals surface area (Å²) < 4.78 is 20.0. The second-order valence-corrected chi connectivity index (χ2v) is 10.4. The minimum absolute atomic E-state index is 0.342. The van der Waals surface area contributed by atoms with Gasteiger partial charge in [0.15, 0.2) is 0 Å². The van der Waals surface area contributed by atoms with E-state index in [0.29, 0.717) is 0 Å². The Balaban J connectivity index is 0.00000167. The standard InChI is InChI=1S/C26H31BN2O3S.C2H6/c1-25(2)26(3,4)32-27(31-25)22-8-12-24(13-9-22)33-29(19-21-14-16-28-17-15-21)18-20-6-10-23(30-5)11-7-20;1-2/h6-17H,18-19H2,1-5H3;1-2H3. The number of hydrogen-bond acceptors (Lipinski definition) is 6. The van der Waals surface area contributed by atoms with Crippen molar-refractivity contribution in [2.24, 2.45) is 0 Å². The molecule has 1 fully saturated rings. The van der Waals surface area contributed by atoms with Crippen molar-refractivity contribution in [2.45, 2.75) is 70.7 Å². The Labute approximate surface area is 215 Å². The van der Waals surface area contributed by atoms with Crippen LogP contribution in [0.5, 0.6) is 5.75 Å². The number of aromatic nitrogens is 1. The molecule has 7 heteroatoms. The molecule has 0 aliphatic carbocycles. The minimum Gasteiger partial charge on any atom is -0.497 e. The average Bonchev–Trinajstić information content (AvgIpc) is 3.08. The Hall–Kier alpha value is -2.32.